The van der Waals surface area contributed by atoms with E-state index in [-0.39, 0.29) is 0 Å². The van der Waals surface area contributed by atoms with Crippen molar-refractivity contribution in [2.24, 2.45) is 10.7 Å². The van der Waals surface area contributed by atoms with Gasteiger partial charge >= 0.3 is 0 Å². The van der Waals surface area contributed by atoms with Crippen LogP contribution in [0.3, 0.4) is 0 Å². The SMILES string of the molecule is Cc1ccc(NC(N)=NCc2c(C)nn(-c3ccccc3)c2C)cc1. The number of rotatable bonds is 4. The second-order valence-electron chi connectivity index (χ2n) is 6.09. The molecule has 1 aromatic heterocycles. The zero-order chi connectivity index (χ0) is 17.8. The van der Waals surface area contributed by atoms with Crippen molar-refractivity contribution in [3.63, 3.8) is 0 Å². The summed E-state index contributed by atoms with van der Waals surface area (Å²) in [5, 5.41) is 7.76. The smallest absolute Gasteiger partial charge is 0.193 e. The molecule has 5 heteroatoms. The number of benzene rings is 2. The average Bonchev–Trinajstić information content (AvgIpc) is 2.90. The van der Waals surface area contributed by atoms with Crippen LogP contribution in [-0.2, 0) is 6.54 Å². The predicted molar refractivity (Wildman–Crippen MR) is 103 cm³/mol. The minimum absolute atomic E-state index is 0.398. The topological polar surface area (TPSA) is 68.2 Å². The van der Waals surface area contributed by atoms with Crippen LogP contribution in [0.1, 0.15) is 22.5 Å². The quantitative estimate of drug-likeness (QED) is 0.565. The number of nitrogens with zero attached hydrogens (tertiary/aromatic N) is 3. The highest BCUT2D eigenvalue weighted by Crippen LogP contribution is 2.18. The van der Waals surface area contributed by atoms with Crippen LogP contribution >= 0.6 is 0 Å². The first-order valence-corrected chi connectivity index (χ1v) is 8.28. The number of aliphatic imine (C=N–C) groups is 1. The summed E-state index contributed by atoms with van der Waals surface area (Å²) in [6.07, 6.45) is 0. The number of nitrogens with one attached hydrogen (secondary N) is 1. The molecule has 0 bridgehead atoms. The van der Waals surface area contributed by atoms with E-state index in [4.69, 9.17) is 5.73 Å². The molecule has 0 aliphatic heterocycles. The van der Waals surface area contributed by atoms with Crippen molar-refractivity contribution in [1.82, 2.24) is 9.78 Å². The van der Waals surface area contributed by atoms with Crippen molar-refractivity contribution in [3.8, 4) is 5.69 Å². The number of hydrogen-bond acceptors (Lipinski definition) is 2. The van der Waals surface area contributed by atoms with Gasteiger partial charge in [0.15, 0.2) is 5.96 Å². The highest BCUT2D eigenvalue weighted by molar-refractivity contribution is 5.92. The van der Waals surface area contributed by atoms with Crippen molar-refractivity contribution in [1.29, 1.82) is 0 Å². The molecule has 0 fully saturated rings. The Morgan fingerprint density at radius 1 is 1.04 bits per heavy atom. The maximum absolute atomic E-state index is 6.02. The first-order chi connectivity index (χ1) is 12.0. The van der Waals surface area contributed by atoms with E-state index < -0.39 is 0 Å². The summed E-state index contributed by atoms with van der Waals surface area (Å²) >= 11 is 0. The lowest BCUT2D eigenvalue weighted by atomic mass is 10.2. The number of hydrogen-bond donors (Lipinski definition) is 2. The molecule has 128 valence electrons. The lowest BCUT2D eigenvalue weighted by molar-refractivity contribution is 0.832. The minimum Gasteiger partial charge on any atom is -0.370 e. The third-order valence-corrected chi connectivity index (χ3v) is 4.17. The van der Waals surface area contributed by atoms with E-state index >= 15 is 0 Å². The molecule has 25 heavy (non-hydrogen) atoms. The number of aryl methyl sites for hydroxylation is 2. The molecule has 3 N–H and O–H groups in total. The largest absolute Gasteiger partial charge is 0.370 e. The number of aromatic nitrogens is 2. The second-order valence-corrected chi connectivity index (χ2v) is 6.09. The Morgan fingerprint density at radius 2 is 1.72 bits per heavy atom. The van der Waals surface area contributed by atoms with Crippen LogP contribution < -0.4 is 11.1 Å². The number of nitrogens with two attached hydrogens (primary N) is 1. The van der Waals surface area contributed by atoms with Gasteiger partial charge in [-0.05, 0) is 45.0 Å². The van der Waals surface area contributed by atoms with Crippen molar-refractivity contribution < 1.29 is 0 Å². The molecule has 0 saturated carbocycles. The Hall–Kier alpha value is -3.08. The lowest BCUT2D eigenvalue weighted by Crippen LogP contribution is -2.22. The molecular weight excluding hydrogens is 310 g/mol. The number of anilines is 1. The fraction of sp³-hybridized carbons (Fsp3) is 0.200. The monoisotopic (exact) mass is 333 g/mol. The van der Waals surface area contributed by atoms with Crippen LogP contribution in [0.5, 0.6) is 0 Å². The molecule has 0 saturated heterocycles. The van der Waals surface area contributed by atoms with E-state index in [1.807, 2.05) is 66.2 Å². The zero-order valence-corrected chi connectivity index (χ0v) is 14.8. The van der Waals surface area contributed by atoms with Gasteiger partial charge in [0.05, 0.1) is 17.9 Å². The Balaban J connectivity index is 1.76. The van der Waals surface area contributed by atoms with Crippen LogP contribution in [0.25, 0.3) is 5.69 Å². The zero-order valence-electron chi connectivity index (χ0n) is 14.8. The van der Waals surface area contributed by atoms with Gasteiger partial charge in [-0.3, -0.25) is 0 Å². The van der Waals surface area contributed by atoms with Crippen molar-refractivity contribution >= 4 is 11.6 Å². The summed E-state index contributed by atoms with van der Waals surface area (Å²) < 4.78 is 1.95. The van der Waals surface area contributed by atoms with Gasteiger partial charge in [-0.1, -0.05) is 35.9 Å². The van der Waals surface area contributed by atoms with Gasteiger partial charge < -0.3 is 11.1 Å². The molecule has 3 aromatic rings. The van der Waals surface area contributed by atoms with Gasteiger partial charge in [-0.2, -0.15) is 5.10 Å². The average molecular weight is 333 g/mol. The fourth-order valence-corrected chi connectivity index (χ4v) is 2.71. The molecule has 0 radical (unpaired) electrons. The Kier molecular flexibility index (Phi) is 4.84. The summed E-state index contributed by atoms with van der Waals surface area (Å²) in [6, 6.07) is 18.1. The molecule has 3 rings (SSSR count). The molecule has 0 aliphatic carbocycles. The van der Waals surface area contributed by atoms with Crippen molar-refractivity contribution in [2.45, 2.75) is 27.3 Å². The van der Waals surface area contributed by atoms with Crippen LogP contribution in [-0.4, -0.2) is 15.7 Å². The van der Waals surface area contributed by atoms with Crippen LogP contribution in [0.2, 0.25) is 0 Å². The molecule has 0 unspecified atom stereocenters. The van der Waals surface area contributed by atoms with Crippen LogP contribution in [0.15, 0.2) is 59.6 Å². The van der Waals surface area contributed by atoms with Gasteiger partial charge in [0.25, 0.3) is 0 Å². The summed E-state index contributed by atoms with van der Waals surface area (Å²) in [7, 11) is 0. The van der Waals surface area contributed by atoms with Crippen molar-refractivity contribution in [3.05, 3.63) is 77.1 Å². The minimum atomic E-state index is 0.398. The predicted octanol–water partition coefficient (Wildman–Crippen LogP) is 3.72. The van der Waals surface area contributed by atoms with E-state index in [0.717, 1.165) is 28.3 Å². The van der Waals surface area contributed by atoms with Gasteiger partial charge in [0.2, 0.25) is 0 Å². The lowest BCUT2D eigenvalue weighted by Gasteiger charge is -2.07. The van der Waals surface area contributed by atoms with Gasteiger partial charge in [0, 0.05) is 16.9 Å². The molecular formula is C20H23N5. The van der Waals surface area contributed by atoms with Gasteiger partial charge in [0.1, 0.15) is 0 Å². The summed E-state index contributed by atoms with van der Waals surface area (Å²) in [5.41, 5.74) is 12.3. The summed E-state index contributed by atoms with van der Waals surface area (Å²) in [5.74, 6) is 0.398. The second kappa shape index (κ2) is 7.21. The summed E-state index contributed by atoms with van der Waals surface area (Å²) in [6.45, 7) is 6.61. The van der Waals surface area contributed by atoms with E-state index in [0.29, 0.717) is 12.5 Å². The number of para-hydroxylation sites is 1. The standard InChI is InChI=1S/C20H23N5/c1-14-9-11-17(12-10-14)23-20(21)22-13-19-15(2)24-25(16(19)3)18-7-5-4-6-8-18/h4-12H,13H2,1-3H3,(H3,21,22,23). The first-order valence-electron chi connectivity index (χ1n) is 8.28. The molecule has 1 heterocycles. The molecule has 0 amide bonds. The summed E-state index contributed by atoms with van der Waals surface area (Å²) in [4.78, 5) is 4.47. The van der Waals surface area contributed by atoms with Crippen LogP contribution in [0, 0.1) is 20.8 Å². The highest BCUT2D eigenvalue weighted by Gasteiger charge is 2.12. The van der Waals surface area contributed by atoms with Gasteiger partial charge in [-0.15, -0.1) is 0 Å². The van der Waals surface area contributed by atoms with Gasteiger partial charge in [-0.25, -0.2) is 9.67 Å². The normalized spacial score (nSPS) is 11.6. The molecule has 2 aromatic carbocycles. The molecule has 0 aliphatic rings. The Bertz CT molecular complexity index is 876. The van der Waals surface area contributed by atoms with E-state index in [1.165, 1.54) is 5.56 Å². The molecule has 0 spiro atoms. The third kappa shape index (κ3) is 3.88. The molecule has 0 atom stereocenters. The van der Waals surface area contributed by atoms with E-state index in [1.54, 1.807) is 0 Å². The fourth-order valence-electron chi connectivity index (χ4n) is 2.71. The van der Waals surface area contributed by atoms with Crippen molar-refractivity contribution in [2.75, 3.05) is 5.32 Å². The third-order valence-electron chi connectivity index (χ3n) is 4.17. The Morgan fingerprint density at radius 3 is 2.40 bits per heavy atom. The Labute approximate surface area is 148 Å². The van der Waals surface area contributed by atoms with E-state index in [9.17, 15) is 0 Å². The molecule has 5 nitrogen and oxygen atoms in total. The number of guanidine groups is 1. The first kappa shape index (κ1) is 16.8. The van der Waals surface area contributed by atoms with E-state index in [2.05, 4.69) is 29.3 Å². The maximum atomic E-state index is 6.02. The highest BCUT2D eigenvalue weighted by atomic mass is 15.3. The maximum Gasteiger partial charge on any atom is 0.193 e. The van der Waals surface area contributed by atoms with Crippen LogP contribution in [0.4, 0.5) is 5.69 Å².